The Morgan fingerprint density at radius 1 is 0.952 bits per heavy atom. The molecule has 1 aromatic heterocycles. The number of rotatable bonds is 3. The molecule has 1 N–H and O–H groups in total. The normalized spacial score (nSPS) is 25.7. The Bertz CT molecular complexity index is 577. The van der Waals surface area contributed by atoms with Gasteiger partial charge in [-0.25, -0.2) is 0 Å². The van der Waals surface area contributed by atoms with Crippen LogP contribution in [-0.4, -0.2) is 45.1 Å². The highest BCUT2D eigenvalue weighted by Crippen LogP contribution is 2.29. The van der Waals surface area contributed by atoms with Crippen molar-refractivity contribution in [3.05, 3.63) is 36.7 Å². The predicted octanol–water partition coefficient (Wildman–Crippen LogP) is 2.31. The molecule has 0 spiro atoms. The van der Waals surface area contributed by atoms with Crippen molar-refractivity contribution in [1.29, 1.82) is 0 Å². The lowest BCUT2D eigenvalue weighted by molar-refractivity contribution is 0.193. The van der Waals surface area contributed by atoms with Crippen LogP contribution in [0.15, 0.2) is 36.7 Å². The Morgan fingerprint density at radius 2 is 1.76 bits per heavy atom. The van der Waals surface area contributed by atoms with Crippen molar-refractivity contribution in [2.24, 2.45) is 0 Å². The minimum atomic E-state index is 0.596. The van der Waals surface area contributed by atoms with E-state index in [2.05, 4.69) is 44.7 Å². The van der Waals surface area contributed by atoms with Crippen molar-refractivity contribution in [3.63, 3.8) is 0 Å². The molecule has 5 heteroatoms. The van der Waals surface area contributed by atoms with Crippen LogP contribution < -0.4 is 5.32 Å². The van der Waals surface area contributed by atoms with Crippen LogP contribution in [0.5, 0.6) is 0 Å². The lowest BCUT2D eigenvalue weighted by Gasteiger charge is -2.33. The Balaban J connectivity index is 1.45. The van der Waals surface area contributed by atoms with Crippen molar-refractivity contribution < 1.29 is 0 Å². The Hall–Kier alpha value is -1.88. The van der Waals surface area contributed by atoms with Crippen molar-refractivity contribution in [3.8, 4) is 5.69 Å². The molecule has 0 amide bonds. The van der Waals surface area contributed by atoms with Gasteiger partial charge in [0.25, 0.3) is 0 Å². The Morgan fingerprint density at radius 3 is 2.57 bits per heavy atom. The molecule has 2 saturated heterocycles. The molecule has 0 aliphatic carbocycles. The van der Waals surface area contributed by atoms with Gasteiger partial charge in [-0.05, 0) is 50.1 Å². The maximum Gasteiger partial charge on any atom is 0.0858 e. The third kappa shape index (κ3) is 2.53. The third-order valence-corrected chi connectivity index (χ3v) is 4.73. The van der Waals surface area contributed by atoms with Crippen LogP contribution in [0, 0.1) is 0 Å². The van der Waals surface area contributed by atoms with E-state index in [1.807, 2.05) is 0 Å². The first kappa shape index (κ1) is 12.8. The van der Waals surface area contributed by atoms with Gasteiger partial charge in [0.05, 0.1) is 18.1 Å². The topological polar surface area (TPSA) is 46.0 Å². The molecule has 110 valence electrons. The Labute approximate surface area is 125 Å². The fourth-order valence-corrected chi connectivity index (χ4v) is 3.67. The first-order valence-corrected chi connectivity index (χ1v) is 7.87. The second-order valence-electron chi connectivity index (χ2n) is 6.00. The van der Waals surface area contributed by atoms with Gasteiger partial charge in [0.15, 0.2) is 0 Å². The minimum absolute atomic E-state index is 0.596. The number of benzene rings is 1. The number of piperidine rings is 1. The average Bonchev–Trinajstić information content (AvgIpc) is 3.19. The fourth-order valence-electron chi connectivity index (χ4n) is 3.67. The van der Waals surface area contributed by atoms with Crippen LogP contribution in [0.2, 0.25) is 0 Å². The van der Waals surface area contributed by atoms with Gasteiger partial charge in [-0.2, -0.15) is 15.0 Å². The molecule has 2 aliphatic heterocycles. The zero-order valence-corrected chi connectivity index (χ0v) is 12.2. The van der Waals surface area contributed by atoms with E-state index in [4.69, 9.17) is 0 Å². The summed E-state index contributed by atoms with van der Waals surface area (Å²) in [5, 5.41) is 12.0. The van der Waals surface area contributed by atoms with Gasteiger partial charge in [0.1, 0.15) is 0 Å². The quantitative estimate of drug-likeness (QED) is 0.939. The van der Waals surface area contributed by atoms with Gasteiger partial charge in [-0.1, -0.05) is 6.42 Å². The first-order valence-electron chi connectivity index (χ1n) is 7.87. The van der Waals surface area contributed by atoms with Gasteiger partial charge < -0.3 is 5.32 Å². The number of anilines is 1. The second-order valence-corrected chi connectivity index (χ2v) is 6.00. The monoisotopic (exact) mass is 283 g/mol. The first-order chi connectivity index (χ1) is 10.4. The minimum Gasteiger partial charge on any atom is -0.381 e. The third-order valence-electron chi connectivity index (χ3n) is 4.73. The van der Waals surface area contributed by atoms with Crippen molar-refractivity contribution >= 4 is 5.69 Å². The Kier molecular flexibility index (Phi) is 3.35. The fraction of sp³-hybridized carbons (Fsp3) is 0.500. The van der Waals surface area contributed by atoms with E-state index in [-0.39, 0.29) is 0 Å². The highest BCUT2D eigenvalue weighted by Gasteiger charge is 2.35. The van der Waals surface area contributed by atoms with Crippen LogP contribution in [0.1, 0.15) is 25.7 Å². The van der Waals surface area contributed by atoms with E-state index in [0.717, 1.165) is 11.7 Å². The molecule has 0 radical (unpaired) electrons. The lowest BCUT2D eigenvalue weighted by Crippen LogP contribution is -2.41. The number of hydrogen-bond acceptors (Lipinski definition) is 4. The summed E-state index contributed by atoms with van der Waals surface area (Å²) < 4.78 is 0. The van der Waals surface area contributed by atoms with Crippen LogP contribution in [0.3, 0.4) is 0 Å². The molecule has 2 unspecified atom stereocenters. The summed E-state index contributed by atoms with van der Waals surface area (Å²) in [6.45, 7) is 2.53. The molecule has 3 heterocycles. The summed E-state index contributed by atoms with van der Waals surface area (Å²) in [5.74, 6) is 0. The van der Waals surface area contributed by atoms with Crippen molar-refractivity contribution in [1.82, 2.24) is 19.9 Å². The molecule has 2 atom stereocenters. The second kappa shape index (κ2) is 5.48. The molecule has 2 aliphatic rings. The van der Waals surface area contributed by atoms with Gasteiger partial charge >= 0.3 is 0 Å². The van der Waals surface area contributed by atoms with E-state index in [9.17, 15) is 0 Å². The smallest absolute Gasteiger partial charge is 0.0858 e. The van der Waals surface area contributed by atoms with Crippen LogP contribution in [-0.2, 0) is 0 Å². The highest BCUT2D eigenvalue weighted by molar-refractivity contribution is 5.49. The van der Waals surface area contributed by atoms with E-state index in [1.165, 1.54) is 44.5 Å². The van der Waals surface area contributed by atoms with Crippen LogP contribution in [0.25, 0.3) is 5.69 Å². The molecule has 0 saturated carbocycles. The molecule has 2 aromatic rings. The number of hydrogen-bond donors (Lipinski definition) is 1. The van der Waals surface area contributed by atoms with E-state index in [1.54, 1.807) is 17.2 Å². The summed E-state index contributed by atoms with van der Waals surface area (Å²) in [5.41, 5.74) is 2.19. The maximum absolute atomic E-state index is 4.15. The highest BCUT2D eigenvalue weighted by atomic mass is 15.5. The summed E-state index contributed by atoms with van der Waals surface area (Å²) >= 11 is 0. The summed E-state index contributed by atoms with van der Waals surface area (Å²) in [6.07, 6.45) is 8.74. The summed E-state index contributed by atoms with van der Waals surface area (Å²) in [7, 11) is 0. The van der Waals surface area contributed by atoms with Gasteiger partial charge in [0.2, 0.25) is 0 Å². The molecule has 2 fully saturated rings. The van der Waals surface area contributed by atoms with Crippen molar-refractivity contribution in [2.75, 3.05) is 18.4 Å². The number of aromatic nitrogens is 3. The van der Waals surface area contributed by atoms with Crippen LogP contribution in [0.4, 0.5) is 5.69 Å². The number of nitrogens with one attached hydrogen (secondary N) is 1. The van der Waals surface area contributed by atoms with Gasteiger partial charge in [0, 0.05) is 24.3 Å². The zero-order valence-electron chi connectivity index (χ0n) is 12.2. The lowest BCUT2D eigenvalue weighted by atomic mass is 9.99. The summed E-state index contributed by atoms with van der Waals surface area (Å²) in [6, 6.07) is 9.71. The van der Waals surface area contributed by atoms with Crippen molar-refractivity contribution in [2.45, 2.75) is 37.8 Å². The molecule has 1 aromatic carbocycles. The number of fused-ring (bicyclic) bond motifs is 1. The molecule has 4 rings (SSSR count). The SMILES string of the molecule is c1cnn(-c2ccc(NC3CCN4CCCCC34)cc2)n1. The average molecular weight is 283 g/mol. The standard InChI is InChI=1S/C16H21N5/c1-2-11-20-12-8-15(16(20)3-1)19-13-4-6-14(7-5-13)21-17-9-10-18-21/h4-7,9-10,15-16,19H,1-3,8,11-12H2. The molecule has 5 nitrogen and oxygen atoms in total. The largest absolute Gasteiger partial charge is 0.381 e. The van der Waals surface area contributed by atoms with Gasteiger partial charge in [-0.3, -0.25) is 4.90 Å². The zero-order chi connectivity index (χ0) is 14.1. The maximum atomic E-state index is 4.15. The molecule has 0 bridgehead atoms. The van der Waals surface area contributed by atoms with E-state index >= 15 is 0 Å². The summed E-state index contributed by atoms with van der Waals surface area (Å²) in [4.78, 5) is 4.30. The van der Waals surface area contributed by atoms with Crippen LogP contribution >= 0.6 is 0 Å². The molecular formula is C16H21N5. The molecule has 21 heavy (non-hydrogen) atoms. The van der Waals surface area contributed by atoms with E-state index in [0.29, 0.717) is 6.04 Å². The molecular weight excluding hydrogens is 262 g/mol. The van der Waals surface area contributed by atoms with Gasteiger partial charge in [-0.15, -0.1) is 0 Å². The van der Waals surface area contributed by atoms with E-state index < -0.39 is 0 Å². The number of nitrogens with zero attached hydrogens (tertiary/aromatic N) is 4. The predicted molar refractivity (Wildman–Crippen MR) is 82.6 cm³/mol.